The Labute approximate surface area is 86.9 Å². The van der Waals surface area contributed by atoms with Gasteiger partial charge in [0.15, 0.2) is 5.78 Å². The van der Waals surface area contributed by atoms with Gasteiger partial charge in [0, 0.05) is 5.41 Å². The number of hydrogen-bond donors (Lipinski definition) is 0. The summed E-state index contributed by atoms with van der Waals surface area (Å²) in [5.74, 6) is 0.250. The Kier molecular flexibility index (Phi) is 2.71. The van der Waals surface area contributed by atoms with Gasteiger partial charge in [0.2, 0.25) is 0 Å². The van der Waals surface area contributed by atoms with Crippen LogP contribution in [0.15, 0.2) is 24.3 Å². The third-order valence-corrected chi connectivity index (χ3v) is 2.82. The molecule has 0 N–H and O–H groups in total. The van der Waals surface area contributed by atoms with Crippen LogP contribution in [-0.2, 0) is 4.79 Å². The van der Waals surface area contributed by atoms with Gasteiger partial charge in [0.1, 0.15) is 0 Å². The lowest BCUT2D eigenvalue weighted by molar-refractivity contribution is -0.125. The van der Waals surface area contributed by atoms with Crippen LogP contribution in [0, 0.1) is 10.8 Å². The first-order chi connectivity index (χ1) is 6.25. The molecule has 1 aliphatic rings. The molecule has 0 amide bonds. The van der Waals surface area contributed by atoms with Crippen molar-refractivity contribution in [2.24, 2.45) is 10.8 Å². The Morgan fingerprint density at radius 1 is 1.50 bits per heavy atom. The summed E-state index contributed by atoms with van der Waals surface area (Å²) in [6.07, 6.45) is 5.49. The molecule has 1 unspecified atom stereocenters. The van der Waals surface area contributed by atoms with Crippen LogP contribution in [0.2, 0.25) is 0 Å². The van der Waals surface area contributed by atoms with Crippen LogP contribution in [0.1, 0.15) is 40.5 Å². The second kappa shape index (κ2) is 3.38. The number of carbonyl (C=O) groups excluding carboxylic acids is 1. The van der Waals surface area contributed by atoms with Crippen molar-refractivity contribution in [3.8, 4) is 0 Å². The third kappa shape index (κ3) is 2.34. The second-order valence-electron chi connectivity index (χ2n) is 5.56. The van der Waals surface area contributed by atoms with E-state index in [1.807, 2.05) is 13.0 Å². The predicted octanol–water partition coefficient (Wildman–Crippen LogP) is 3.51. The topological polar surface area (TPSA) is 17.1 Å². The number of allylic oxidation sites excluding steroid dienone is 3. The van der Waals surface area contributed by atoms with Crippen LogP contribution < -0.4 is 0 Å². The molecule has 0 aromatic carbocycles. The van der Waals surface area contributed by atoms with Gasteiger partial charge >= 0.3 is 0 Å². The summed E-state index contributed by atoms with van der Waals surface area (Å²) in [4.78, 5) is 11.8. The second-order valence-corrected chi connectivity index (χ2v) is 5.56. The predicted molar refractivity (Wildman–Crippen MR) is 60.1 cm³/mol. The highest BCUT2D eigenvalue weighted by atomic mass is 16.1. The third-order valence-electron chi connectivity index (χ3n) is 2.82. The van der Waals surface area contributed by atoms with Crippen molar-refractivity contribution in [2.75, 3.05) is 0 Å². The van der Waals surface area contributed by atoms with Gasteiger partial charge in [-0.3, -0.25) is 4.79 Å². The highest BCUT2D eigenvalue weighted by Gasteiger charge is 2.39. The number of ketones is 1. The van der Waals surface area contributed by atoms with Gasteiger partial charge in [-0.1, -0.05) is 32.4 Å². The van der Waals surface area contributed by atoms with Crippen LogP contribution in [0.5, 0.6) is 0 Å². The molecule has 1 atom stereocenters. The molecule has 0 fully saturated rings. The highest BCUT2D eigenvalue weighted by molar-refractivity contribution is 5.95. The quantitative estimate of drug-likeness (QED) is 0.612. The summed E-state index contributed by atoms with van der Waals surface area (Å²) in [5, 5.41) is 0. The van der Waals surface area contributed by atoms with E-state index in [2.05, 4.69) is 27.4 Å². The monoisotopic (exact) mass is 192 g/mol. The standard InChI is InChI=1S/C13H20O/c1-10(2)8-13(5)9-12(3,4)7-6-11(13)14/h6-7H,1,8-9H2,2-5H3. The lowest BCUT2D eigenvalue weighted by atomic mass is 9.65. The molecule has 1 heteroatoms. The molecule has 1 rings (SSSR count). The Morgan fingerprint density at radius 3 is 2.57 bits per heavy atom. The molecule has 14 heavy (non-hydrogen) atoms. The average molecular weight is 192 g/mol. The van der Waals surface area contributed by atoms with Crippen LogP contribution >= 0.6 is 0 Å². The van der Waals surface area contributed by atoms with E-state index in [-0.39, 0.29) is 16.6 Å². The Morgan fingerprint density at radius 2 is 2.07 bits per heavy atom. The maximum absolute atomic E-state index is 11.8. The molecular weight excluding hydrogens is 172 g/mol. The summed E-state index contributed by atoms with van der Waals surface area (Å²) >= 11 is 0. The zero-order valence-electron chi connectivity index (χ0n) is 9.68. The zero-order chi connectivity index (χ0) is 11.0. The summed E-state index contributed by atoms with van der Waals surface area (Å²) in [6.45, 7) is 12.3. The fourth-order valence-electron chi connectivity index (χ4n) is 2.47. The molecule has 0 aliphatic heterocycles. The first kappa shape index (κ1) is 11.2. The molecule has 0 heterocycles. The summed E-state index contributed by atoms with van der Waals surface area (Å²) in [6, 6.07) is 0. The van der Waals surface area contributed by atoms with Crippen LogP contribution in [0.3, 0.4) is 0 Å². The molecule has 0 aromatic rings. The average Bonchev–Trinajstić information content (AvgIpc) is 1.95. The molecule has 0 spiro atoms. The van der Waals surface area contributed by atoms with E-state index in [1.54, 1.807) is 6.08 Å². The van der Waals surface area contributed by atoms with Crippen LogP contribution in [0.4, 0.5) is 0 Å². The van der Waals surface area contributed by atoms with Crippen molar-refractivity contribution in [3.05, 3.63) is 24.3 Å². The smallest absolute Gasteiger partial charge is 0.161 e. The Hall–Kier alpha value is -0.850. The van der Waals surface area contributed by atoms with Gasteiger partial charge in [-0.15, -0.1) is 6.58 Å². The summed E-state index contributed by atoms with van der Waals surface area (Å²) < 4.78 is 0. The van der Waals surface area contributed by atoms with Gasteiger partial charge < -0.3 is 0 Å². The Balaban J connectivity index is 2.94. The van der Waals surface area contributed by atoms with Gasteiger partial charge in [0.25, 0.3) is 0 Å². The van der Waals surface area contributed by atoms with E-state index in [1.165, 1.54) is 0 Å². The van der Waals surface area contributed by atoms with E-state index < -0.39 is 0 Å². The Bertz CT molecular complexity index is 296. The molecule has 0 saturated carbocycles. The maximum Gasteiger partial charge on any atom is 0.161 e. The number of rotatable bonds is 2. The van der Waals surface area contributed by atoms with Gasteiger partial charge in [0.05, 0.1) is 0 Å². The van der Waals surface area contributed by atoms with Crippen LogP contribution in [0.25, 0.3) is 0 Å². The molecule has 0 saturated heterocycles. The van der Waals surface area contributed by atoms with E-state index in [4.69, 9.17) is 0 Å². The minimum Gasteiger partial charge on any atom is -0.294 e. The minimum atomic E-state index is -0.232. The maximum atomic E-state index is 11.8. The molecular formula is C13H20O. The summed E-state index contributed by atoms with van der Waals surface area (Å²) in [7, 11) is 0. The molecule has 1 nitrogen and oxygen atoms in total. The van der Waals surface area contributed by atoms with Gasteiger partial charge in [-0.05, 0) is 31.3 Å². The molecule has 0 aromatic heterocycles. The summed E-state index contributed by atoms with van der Waals surface area (Å²) in [5.41, 5.74) is 0.995. The van der Waals surface area contributed by atoms with E-state index in [9.17, 15) is 4.79 Å². The van der Waals surface area contributed by atoms with Crippen molar-refractivity contribution in [3.63, 3.8) is 0 Å². The molecule has 1 aliphatic carbocycles. The normalized spacial score (nSPS) is 30.4. The molecule has 0 radical (unpaired) electrons. The van der Waals surface area contributed by atoms with E-state index >= 15 is 0 Å². The largest absolute Gasteiger partial charge is 0.294 e. The fourth-order valence-corrected chi connectivity index (χ4v) is 2.47. The van der Waals surface area contributed by atoms with Crippen LogP contribution in [-0.4, -0.2) is 5.78 Å². The fraction of sp³-hybridized carbons (Fsp3) is 0.615. The zero-order valence-corrected chi connectivity index (χ0v) is 9.68. The van der Waals surface area contributed by atoms with Gasteiger partial charge in [-0.2, -0.15) is 0 Å². The van der Waals surface area contributed by atoms with E-state index in [0.29, 0.717) is 0 Å². The number of carbonyl (C=O) groups is 1. The van der Waals surface area contributed by atoms with Crippen molar-refractivity contribution < 1.29 is 4.79 Å². The van der Waals surface area contributed by atoms with Gasteiger partial charge in [-0.25, -0.2) is 0 Å². The number of hydrogen-bond acceptors (Lipinski definition) is 1. The first-order valence-electron chi connectivity index (χ1n) is 5.13. The lowest BCUT2D eigenvalue weighted by Gasteiger charge is -2.38. The van der Waals surface area contributed by atoms with Crippen molar-refractivity contribution in [2.45, 2.75) is 40.5 Å². The van der Waals surface area contributed by atoms with Crippen molar-refractivity contribution in [1.82, 2.24) is 0 Å². The minimum absolute atomic E-state index is 0.137. The molecule has 78 valence electrons. The first-order valence-corrected chi connectivity index (χ1v) is 5.13. The van der Waals surface area contributed by atoms with Crippen molar-refractivity contribution >= 4 is 5.78 Å². The van der Waals surface area contributed by atoms with Crippen molar-refractivity contribution in [1.29, 1.82) is 0 Å². The highest BCUT2D eigenvalue weighted by Crippen LogP contribution is 2.43. The SMILES string of the molecule is C=C(C)CC1(C)CC(C)(C)C=CC1=O. The molecule has 0 bridgehead atoms. The van der Waals surface area contributed by atoms with E-state index in [0.717, 1.165) is 18.4 Å². The lowest BCUT2D eigenvalue weighted by Crippen LogP contribution is -2.35.